The van der Waals surface area contributed by atoms with Gasteiger partial charge in [0.25, 0.3) is 0 Å². The summed E-state index contributed by atoms with van der Waals surface area (Å²) < 4.78 is 20.5. The summed E-state index contributed by atoms with van der Waals surface area (Å²) >= 11 is 0. The Morgan fingerprint density at radius 1 is 0.914 bits per heavy atom. The van der Waals surface area contributed by atoms with Crippen LogP contribution in [0, 0.1) is 11.8 Å². The molecule has 0 saturated carbocycles. The van der Waals surface area contributed by atoms with Crippen molar-refractivity contribution in [2.75, 3.05) is 38.5 Å². The predicted octanol–water partition coefficient (Wildman–Crippen LogP) is -5.29. The van der Waals surface area contributed by atoms with Gasteiger partial charge in [0.2, 0.25) is 59.1 Å². The molecule has 12 N–H and O–H groups in total. The van der Waals surface area contributed by atoms with Gasteiger partial charge < -0.3 is 67.7 Å². The number of amides is 10. The molecule has 10 atom stereocenters. The highest BCUT2D eigenvalue weighted by molar-refractivity contribution is 7.85. The molecule has 377 valence electrons. The van der Waals surface area contributed by atoms with Gasteiger partial charge in [-0.05, 0) is 36.5 Å². The van der Waals surface area contributed by atoms with Gasteiger partial charge in [-0.2, -0.15) is 0 Å². The third kappa shape index (κ3) is 12.5. The molecule has 4 aliphatic heterocycles. The van der Waals surface area contributed by atoms with Gasteiger partial charge in [-0.15, -0.1) is 0 Å². The molecule has 2 aromatic rings. The van der Waals surface area contributed by atoms with Gasteiger partial charge >= 0.3 is 7.62 Å². The molecule has 1 saturated heterocycles. The first kappa shape index (κ1) is 52.7. The molecule has 1 unspecified atom stereocenters. The summed E-state index contributed by atoms with van der Waals surface area (Å²) in [6, 6.07) is -3.81. The molecule has 5 heterocycles. The number of hydrogen-bond acceptors (Lipinski definition) is 15. The van der Waals surface area contributed by atoms with E-state index in [1.807, 2.05) is 0 Å². The van der Waals surface area contributed by atoms with Crippen LogP contribution < -0.4 is 47.6 Å². The average molecular weight is 995 g/mol. The van der Waals surface area contributed by atoms with Crippen molar-refractivity contribution in [3.05, 3.63) is 35.9 Å². The maximum absolute atomic E-state index is 14.9. The topological polar surface area (TPSA) is 370 Å². The quantitative estimate of drug-likeness (QED) is 0.0783. The highest BCUT2D eigenvalue weighted by atomic mass is 32.2. The van der Waals surface area contributed by atoms with E-state index in [1.165, 1.54) is 25.1 Å². The minimum atomic E-state index is -2.34. The molecule has 70 heavy (non-hydrogen) atoms. The normalized spacial score (nSPS) is 27.0. The van der Waals surface area contributed by atoms with E-state index in [0.29, 0.717) is 18.2 Å². The van der Waals surface area contributed by atoms with E-state index in [4.69, 9.17) is 10.4 Å². The summed E-state index contributed by atoms with van der Waals surface area (Å²) in [6.07, 6.45) is 0.490. The molecule has 1 aromatic heterocycles. The van der Waals surface area contributed by atoms with Crippen molar-refractivity contribution < 1.29 is 67.0 Å². The van der Waals surface area contributed by atoms with Crippen molar-refractivity contribution in [2.45, 2.75) is 100 Å². The largest absolute Gasteiger partial charge is 0.542 e. The second-order valence-corrected chi connectivity index (χ2v) is 19.0. The van der Waals surface area contributed by atoms with Crippen LogP contribution in [0.4, 0.5) is 0 Å². The number of H-pyrrole nitrogens is 1. The number of nitrogens with two attached hydrogens (primary N) is 1. The van der Waals surface area contributed by atoms with Crippen LogP contribution in [0.2, 0.25) is 0 Å². The molecule has 25 nitrogen and oxygen atoms in total. The third-order valence-electron chi connectivity index (χ3n) is 12.8. The fourth-order valence-corrected chi connectivity index (χ4v) is 9.85. The van der Waals surface area contributed by atoms with Crippen molar-refractivity contribution in [1.29, 1.82) is 0 Å². The molecule has 10 amide bonds. The zero-order valence-corrected chi connectivity index (χ0v) is 39.4. The molecule has 0 aliphatic carbocycles. The Morgan fingerprint density at radius 2 is 1.60 bits per heavy atom. The predicted molar refractivity (Wildman–Crippen MR) is 246 cm³/mol. The zero-order chi connectivity index (χ0) is 51.0. The van der Waals surface area contributed by atoms with Gasteiger partial charge in [-0.25, -0.2) is 0 Å². The van der Waals surface area contributed by atoms with Crippen molar-refractivity contribution in [3.8, 4) is 5.75 Å². The van der Waals surface area contributed by atoms with Crippen LogP contribution in [0.1, 0.15) is 52.0 Å². The Hall–Kier alpha value is -6.71. The van der Waals surface area contributed by atoms with Gasteiger partial charge in [0.1, 0.15) is 34.9 Å². The summed E-state index contributed by atoms with van der Waals surface area (Å²) in [5, 5.41) is 39.6. The van der Waals surface area contributed by atoms with E-state index in [9.17, 15) is 62.4 Å². The van der Waals surface area contributed by atoms with E-state index in [-0.39, 0.29) is 47.8 Å². The third-order valence-corrected chi connectivity index (χ3v) is 14.2. The lowest BCUT2D eigenvalue weighted by Gasteiger charge is -2.33. The molecule has 6 rings (SSSR count). The van der Waals surface area contributed by atoms with Crippen LogP contribution in [-0.4, -0.2) is 177 Å². The highest BCUT2D eigenvalue weighted by Crippen LogP contribution is 2.30. The van der Waals surface area contributed by atoms with Crippen molar-refractivity contribution >= 4 is 88.4 Å². The Labute approximate surface area is 404 Å². The van der Waals surface area contributed by atoms with E-state index >= 15 is 0 Å². The number of benzene rings is 1. The maximum atomic E-state index is 14.9. The summed E-state index contributed by atoms with van der Waals surface area (Å²) in [6.45, 7) is 2.60. The first-order chi connectivity index (χ1) is 33.3. The molecular formula is C43H57BN11O14S. The summed E-state index contributed by atoms with van der Waals surface area (Å²) in [4.78, 5) is 140. The van der Waals surface area contributed by atoms with Crippen LogP contribution >= 0.6 is 0 Å². The lowest BCUT2D eigenvalue weighted by atomic mass is 9.94. The van der Waals surface area contributed by atoms with Gasteiger partial charge in [0.15, 0.2) is 0 Å². The number of aromatic amines is 1. The summed E-state index contributed by atoms with van der Waals surface area (Å²) in [5.74, 6) is -10.3. The van der Waals surface area contributed by atoms with Crippen LogP contribution in [0.5, 0.6) is 5.75 Å². The van der Waals surface area contributed by atoms with Crippen LogP contribution in [0.25, 0.3) is 10.9 Å². The Kier molecular flexibility index (Phi) is 17.5. The van der Waals surface area contributed by atoms with E-state index in [2.05, 4.69) is 42.2 Å². The van der Waals surface area contributed by atoms with Gasteiger partial charge in [0, 0.05) is 55.1 Å². The van der Waals surface area contributed by atoms with Crippen molar-refractivity contribution in [3.63, 3.8) is 0 Å². The molecule has 1 aromatic carbocycles. The van der Waals surface area contributed by atoms with Crippen LogP contribution in [-0.2, 0) is 65.2 Å². The number of aromatic nitrogens is 1. The average Bonchev–Trinajstić information content (AvgIpc) is 4.06. The molecule has 1 radical (unpaired) electrons. The molecule has 1 fully saturated rings. The van der Waals surface area contributed by atoms with Crippen LogP contribution in [0.15, 0.2) is 35.4 Å². The number of carbonyl (C=O) groups excluding carboxylic acids is 10. The molecule has 2 bridgehead atoms. The second-order valence-electron chi connectivity index (χ2n) is 17.6. The van der Waals surface area contributed by atoms with Gasteiger partial charge in [-0.3, -0.25) is 57.0 Å². The minimum Gasteiger partial charge on any atom is -0.542 e. The first-order valence-electron chi connectivity index (χ1n) is 22.7. The van der Waals surface area contributed by atoms with E-state index < -0.39 is 156 Å². The molecular weight excluding hydrogens is 937 g/mol. The minimum absolute atomic E-state index is 0.0107. The van der Waals surface area contributed by atoms with Crippen molar-refractivity contribution in [1.82, 2.24) is 51.9 Å². The highest BCUT2D eigenvalue weighted by Gasteiger charge is 2.41. The van der Waals surface area contributed by atoms with E-state index in [1.54, 1.807) is 13.8 Å². The monoisotopic (exact) mass is 994 g/mol. The molecule has 27 heteroatoms. The molecule has 4 aliphatic rings. The van der Waals surface area contributed by atoms with Crippen LogP contribution in [0.3, 0.4) is 0 Å². The Balaban J connectivity index is 1.51. The standard InChI is InChI=1S/C43H57BN11O14S/c1-4-20(2)37-41(66)48-16-33(59)49-29-19-70(68)42-24(23-8-7-22(12-25(23)52-42)69-44-55-35(61)9-10-36(55)62)13-26(38(63)47-17-34(60)53-37)46-15-28(21(3)31(57)18-56)51-40(65)30-6-5-11-54(30)43(67)27(14-32(45)58)50-39(29)64/h7-10,12,20-21,26-31,37,46,52,56-57H,4-6,11,13-19H2,1-3H3,(H2,45,58)(H,47,63)(H,48,66)(H,49,59)(H,50,64)(H,51,65)(H,53,60)/t20-,21+,26+,27-,28+,29-,30-,31-,37-,70?/m0/s1. The number of nitrogens with zero attached hydrogens (tertiary/aromatic N) is 2. The van der Waals surface area contributed by atoms with E-state index in [0.717, 1.165) is 29.5 Å². The maximum Gasteiger partial charge on any atom is 0.531 e. The first-order valence-corrected chi connectivity index (χ1v) is 24.1. The Morgan fingerprint density at radius 3 is 2.27 bits per heavy atom. The van der Waals surface area contributed by atoms with Gasteiger partial charge in [0.05, 0.1) is 60.3 Å². The second kappa shape index (κ2) is 23.3. The number of nitrogens with one attached hydrogen (secondary N) is 8. The number of imide groups is 1. The fraction of sp³-hybridized carbons (Fsp3) is 0.535. The number of primary amides is 1. The number of hydrogen-bond donors (Lipinski definition) is 11. The Bertz CT molecular complexity index is 2450. The lowest BCUT2D eigenvalue weighted by Crippen LogP contribution is -2.61. The summed E-state index contributed by atoms with van der Waals surface area (Å²) in [7, 11) is -1.44. The number of aliphatic hydroxyl groups is 2. The van der Waals surface area contributed by atoms with Crippen molar-refractivity contribution in [2.24, 2.45) is 17.6 Å². The molecule has 0 spiro atoms. The fourth-order valence-electron chi connectivity index (χ4n) is 8.46. The number of carbonyl (C=O) groups is 10. The summed E-state index contributed by atoms with van der Waals surface area (Å²) in [5.41, 5.74) is 6.00. The lowest BCUT2D eigenvalue weighted by molar-refractivity contribution is -0.143. The number of fused-ring (bicyclic) bond motifs is 5. The smallest absolute Gasteiger partial charge is 0.531 e. The number of aliphatic hydroxyl groups excluding tert-OH is 2. The SMILES string of the molecule is CC[C@H](C)[C@@H]1NC(=O)CNC(=O)[C@H]2Cc3c([nH]c4cc(O[B]N5C(=O)C=CC5=O)ccc34)S(=O)C[C@H](NC(=O)CNC1=O)C(=O)N[C@@H](CC(N)=O)C(=O)N1CCC[C@H]1C(=O)N[C@@H]([C@@H](C)[C@@H](O)CO)CN2. The number of rotatable bonds is 10. The zero-order valence-electron chi connectivity index (χ0n) is 38.6. The van der Waals surface area contributed by atoms with Gasteiger partial charge in [-0.1, -0.05) is 27.2 Å².